The summed E-state index contributed by atoms with van der Waals surface area (Å²) in [6.07, 6.45) is 64.0. The minimum Gasteiger partial charge on any atom is -0.461 e. The number of hydrogen-bond acceptors (Lipinski definition) is 5. The fourth-order valence-corrected chi connectivity index (χ4v) is 5.95. The van der Waals surface area contributed by atoms with Crippen molar-refractivity contribution in [3.8, 4) is 0 Å². The highest BCUT2D eigenvalue weighted by Crippen LogP contribution is 2.14. The number of nitrogens with one attached hydrogen (secondary N) is 1. The largest absolute Gasteiger partial charge is 0.461 e. The molecule has 0 heterocycles. The van der Waals surface area contributed by atoms with Crippen LogP contribution in [0.25, 0.3) is 0 Å². The molecule has 0 spiro atoms. The average Bonchev–Trinajstić information content (AvgIpc) is 3.23. The van der Waals surface area contributed by atoms with Crippen molar-refractivity contribution in [1.82, 2.24) is 5.32 Å². The summed E-state index contributed by atoms with van der Waals surface area (Å²) in [5.74, 6) is -0.727. The quantitative estimate of drug-likeness (QED) is 0.0250. The van der Waals surface area contributed by atoms with E-state index in [0.717, 1.165) is 64.2 Å². The monoisotopic (exact) mass is 814 g/mol. The summed E-state index contributed by atoms with van der Waals surface area (Å²) in [7, 11) is 0. The van der Waals surface area contributed by atoms with Crippen molar-refractivity contribution >= 4 is 11.9 Å². The Bertz CT molecular complexity index is 1320. The number of amides is 1. The lowest BCUT2D eigenvalue weighted by molar-refractivity contribution is -0.150. The molecule has 0 fully saturated rings. The zero-order valence-electron chi connectivity index (χ0n) is 37.3. The van der Waals surface area contributed by atoms with Crippen molar-refractivity contribution in [2.24, 2.45) is 0 Å². The van der Waals surface area contributed by atoms with Gasteiger partial charge in [0.05, 0.1) is 25.2 Å². The van der Waals surface area contributed by atoms with Crippen LogP contribution in [-0.2, 0) is 14.3 Å². The Hall–Kier alpha value is -4.00. The molecular formula is C53H83NO5. The van der Waals surface area contributed by atoms with E-state index in [1.807, 2.05) is 66.8 Å². The van der Waals surface area contributed by atoms with Gasteiger partial charge in [0.15, 0.2) is 0 Å². The van der Waals surface area contributed by atoms with E-state index >= 15 is 0 Å². The van der Waals surface area contributed by atoms with E-state index in [-0.39, 0.29) is 31.3 Å². The topological polar surface area (TPSA) is 95.9 Å². The number of unbranched alkanes of at least 4 members (excludes halogenated alkanes) is 9. The fraction of sp³-hybridized carbons (Fsp3) is 0.547. The molecule has 0 aliphatic carbocycles. The number of esters is 1. The molecule has 59 heavy (non-hydrogen) atoms. The van der Waals surface area contributed by atoms with Gasteiger partial charge in [-0.15, -0.1) is 0 Å². The lowest BCUT2D eigenvalue weighted by atomic mass is 10.0. The van der Waals surface area contributed by atoms with Crippen molar-refractivity contribution in [1.29, 1.82) is 0 Å². The molecular weight excluding hydrogens is 731 g/mol. The average molecular weight is 814 g/mol. The third kappa shape index (κ3) is 40.6. The van der Waals surface area contributed by atoms with Gasteiger partial charge < -0.3 is 20.3 Å². The third-order valence-electron chi connectivity index (χ3n) is 9.37. The van der Waals surface area contributed by atoms with Crippen LogP contribution >= 0.6 is 0 Å². The Morgan fingerprint density at radius 3 is 1.47 bits per heavy atom. The molecule has 0 aliphatic heterocycles. The number of carbonyl (C=O) groups is 2. The van der Waals surface area contributed by atoms with Crippen LogP contribution < -0.4 is 5.32 Å². The van der Waals surface area contributed by atoms with Gasteiger partial charge in [-0.1, -0.05) is 219 Å². The van der Waals surface area contributed by atoms with Crippen LogP contribution in [-0.4, -0.2) is 46.9 Å². The molecule has 0 rings (SSSR count). The summed E-state index contributed by atoms with van der Waals surface area (Å²) < 4.78 is 5.77. The maximum Gasteiger partial charge on any atom is 0.306 e. The van der Waals surface area contributed by atoms with E-state index in [1.165, 1.54) is 44.9 Å². The summed E-state index contributed by atoms with van der Waals surface area (Å²) >= 11 is 0. The predicted molar refractivity (Wildman–Crippen MR) is 254 cm³/mol. The summed E-state index contributed by atoms with van der Waals surface area (Å²) in [6, 6.07) is -0.762. The van der Waals surface area contributed by atoms with Gasteiger partial charge in [-0.2, -0.15) is 0 Å². The number of allylic oxidation sites excluding steroid dienone is 21. The Morgan fingerprint density at radius 2 is 0.983 bits per heavy atom. The number of rotatable bonds is 38. The molecule has 6 nitrogen and oxygen atoms in total. The molecule has 1 amide bonds. The van der Waals surface area contributed by atoms with Crippen LogP contribution in [0.15, 0.2) is 134 Å². The molecule has 0 saturated heterocycles. The summed E-state index contributed by atoms with van der Waals surface area (Å²) in [5, 5.41) is 23.5. The minimum absolute atomic E-state index is 0.0584. The second-order valence-corrected chi connectivity index (χ2v) is 14.8. The van der Waals surface area contributed by atoms with Crippen molar-refractivity contribution in [3.63, 3.8) is 0 Å². The zero-order chi connectivity index (χ0) is 43.1. The molecule has 3 unspecified atom stereocenters. The van der Waals surface area contributed by atoms with Gasteiger partial charge in [-0.25, -0.2) is 0 Å². The number of ether oxygens (including phenoxy) is 1. The molecule has 0 radical (unpaired) electrons. The second-order valence-electron chi connectivity index (χ2n) is 14.8. The molecule has 6 heteroatoms. The standard InChI is InChI=1S/C53H83NO5/c1-4-7-10-13-16-19-22-23-24-25-26-27-28-29-31-34-37-40-43-46-53(58)59-49(44-41-38-35-32-30-20-17-14-11-8-5-2)47-52(57)54-50(48-55)51(56)45-42-39-36-33-21-18-15-12-9-6-3/h7-8,10-11,14,16-17,19-20,23-24,26-27,29-32,35,37-38,40-41,49-51,55-56H,4-6,9,12-13,15,18,21-22,25,28,33-34,36,39,42-48H2,1-3H3,(H,54,57)/b10-7-,11-8+,17-14+,19-16-,24-23-,27-26-,30-20-,31-29-,35-32-,40-37-,41-38+. The minimum atomic E-state index is -0.837. The maximum atomic E-state index is 13.1. The highest BCUT2D eigenvalue weighted by molar-refractivity contribution is 5.77. The lowest BCUT2D eigenvalue weighted by Gasteiger charge is -2.24. The molecule has 0 saturated carbocycles. The summed E-state index contributed by atoms with van der Waals surface area (Å²) in [6.45, 7) is 6.12. The number of aliphatic hydroxyl groups is 2. The number of hydrogen-bond donors (Lipinski definition) is 3. The second kappa shape index (κ2) is 45.1. The lowest BCUT2D eigenvalue weighted by Crippen LogP contribution is -2.46. The molecule has 3 N–H and O–H groups in total. The Kier molecular flexibility index (Phi) is 42.0. The zero-order valence-corrected chi connectivity index (χ0v) is 37.3. The Balaban J connectivity index is 4.84. The Morgan fingerprint density at radius 1 is 0.542 bits per heavy atom. The number of aliphatic hydroxyl groups excluding tert-OH is 2. The first-order chi connectivity index (χ1) is 29.0. The van der Waals surface area contributed by atoms with Gasteiger partial charge in [0, 0.05) is 12.8 Å². The van der Waals surface area contributed by atoms with Crippen LogP contribution in [0.3, 0.4) is 0 Å². The van der Waals surface area contributed by atoms with Gasteiger partial charge in [0.2, 0.25) is 5.91 Å². The van der Waals surface area contributed by atoms with E-state index < -0.39 is 18.2 Å². The van der Waals surface area contributed by atoms with Crippen LogP contribution in [0.2, 0.25) is 0 Å². The normalized spacial score (nSPS) is 14.6. The van der Waals surface area contributed by atoms with Crippen molar-refractivity contribution in [2.75, 3.05) is 6.61 Å². The first-order valence-electron chi connectivity index (χ1n) is 23.0. The summed E-state index contributed by atoms with van der Waals surface area (Å²) in [5.41, 5.74) is 0. The van der Waals surface area contributed by atoms with Gasteiger partial charge in [-0.05, 0) is 57.8 Å². The third-order valence-corrected chi connectivity index (χ3v) is 9.37. The molecule has 0 aromatic heterocycles. The van der Waals surface area contributed by atoms with Crippen LogP contribution in [0.1, 0.15) is 162 Å². The van der Waals surface area contributed by atoms with Gasteiger partial charge >= 0.3 is 5.97 Å². The SMILES string of the molecule is CC/C=C\C/C=C\C/C=C\C/C=C\C/C=C\C/C=C\CCC(=O)OC(C/C=C/C=C\C=C/C=C/C=C/CC)CC(=O)NC(CO)C(O)CCCCCCCCCCCC. The van der Waals surface area contributed by atoms with E-state index in [9.17, 15) is 19.8 Å². The Labute approximate surface area is 361 Å². The van der Waals surface area contributed by atoms with Crippen molar-refractivity contribution in [2.45, 2.75) is 180 Å². The van der Waals surface area contributed by atoms with Gasteiger partial charge in [-0.3, -0.25) is 9.59 Å². The van der Waals surface area contributed by atoms with E-state index in [1.54, 1.807) is 0 Å². The fourth-order valence-electron chi connectivity index (χ4n) is 5.95. The van der Waals surface area contributed by atoms with Crippen LogP contribution in [0.5, 0.6) is 0 Å². The predicted octanol–water partition coefficient (Wildman–Crippen LogP) is 13.5. The van der Waals surface area contributed by atoms with Crippen LogP contribution in [0, 0.1) is 0 Å². The van der Waals surface area contributed by atoms with E-state index in [2.05, 4.69) is 92.9 Å². The molecule has 0 bridgehead atoms. The first kappa shape index (κ1) is 55.0. The van der Waals surface area contributed by atoms with E-state index in [0.29, 0.717) is 19.3 Å². The first-order valence-corrected chi connectivity index (χ1v) is 23.0. The van der Waals surface area contributed by atoms with Crippen LogP contribution in [0.4, 0.5) is 0 Å². The smallest absolute Gasteiger partial charge is 0.306 e. The van der Waals surface area contributed by atoms with Gasteiger partial charge in [0.25, 0.3) is 0 Å². The molecule has 0 aromatic rings. The summed E-state index contributed by atoms with van der Waals surface area (Å²) in [4.78, 5) is 25.9. The molecule has 330 valence electrons. The van der Waals surface area contributed by atoms with Gasteiger partial charge in [0.1, 0.15) is 6.10 Å². The molecule has 3 atom stereocenters. The highest BCUT2D eigenvalue weighted by Gasteiger charge is 2.23. The molecule has 0 aromatic carbocycles. The van der Waals surface area contributed by atoms with E-state index in [4.69, 9.17) is 4.74 Å². The molecule has 0 aliphatic rings. The highest BCUT2D eigenvalue weighted by atomic mass is 16.5. The van der Waals surface area contributed by atoms with Crippen molar-refractivity contribution in [3.05, 3.63) is 134 Å². The maximum absolute atomic E-state index is 13.1. The van der Waals surface area contributed by atoms with Crippen molar-refractivity contribution < 1.29 is 24.5 Å². The number of carbonyl (C=O) groups excluding carboxylic acids is 2.